The Morgan fingerprint density at radius 1 is 0.875 bits per heavy atom. The fraction of sp³-hybridized carbons (Fsp3) is 1.00. The number of unbranched alkanes of at least 4 members (excludes halogenated alkanes) is 4. The highest BCUT2D eigenvalue weighted by atomic mass is 14.5. The second-order valence-electron chi connectivity index (χ2n) is 6.20. The topological polar surface area (TPSA) is 26.0 Å². The highest BCUT2D eigenvalue weighted by Gasteiger charge is 2.23. The van der Waals surface area contributed by atoms with Gasteiger partial charge >= 0.3 is 0 Å². The van der Waals surface area contributed by atoms with Crippen molar-refractivity contribution in [1.29, 1.82) is 0 Å². The summed E-state index contributed by atoms with van der Waals surface area (Å²) in [5, 5.41) is 0. The minimum Gasteiger partial charge on any atom is -0.330 e. The van der Waals surface area contributed by atoms with E-state index in [9.17, 15) is 0 Å². The molecule has 98 valence electrons. The lowest BCUT2D eigenvalue weighted by atomic mass is 9.75. The molecule has 0 saturated carbocycles. The van der Waals surface area contributed by atoms with E-state index >= 15 is 0 Å². The van der Waals surface area contributed by atoms with Crippen LogP contribution in [0.2, 0.25) is 0 Å². The van der Waals surface area contributed by atoms with Crippen molar-refractivity contribution in [2.45, 2.75) is 79.1 Å². The summed E-state index contributed by atoms with van der Waals surface area (Å²) in [6.45, 7) is 10.3. The highest BCUT2D eigenvalue weighted by Crippen LogP contribution is 2.33. The fourth-order valence-corrected chi connectivity index (χ4v) is 2.37. The Morgan fingerprint density at radius 3 is 1.94 bits per heavy atom. The van der Waals surface area contributed by atoms with Crippen LogP contribution in [0.4, 0.5) is 0 Å². The lowest BCUT2D eigenvalue weighted by molar-refractivity contribution is 0.203. The zero-order chi connectivity index (χ0) is 12.4. The number of hydrogen-bond donors (Lipinski definition) is 1. The van der Waals surface area contributed by atoms with Crippen LogP contribution in [-0.2, 0) is 0 Å². The van der Waals surface area contributed by atoms with Crippen LogP contribution in [0.3, 0.4) is 0 Å². The van der Waals surface area contributed by atoms with Gasteiger partial charge in [-0.2, -0.15) is 0 Å². The Hall–Kier alpha value is -0.0400. The molecule has 0 fully saturated rings. The Morgan fingerprint density at radius 2 is 1.44 bits per heavy atom. The van der Waals surface area contributed by atoms with Gasteiger partial charge in [-0.3, -0.25) is 0 Å². The lowest BCUT2D eigenvalue weighted by Crippen LogP contribution is -2.21. The molecule has 0 heterocycles. The molecule has 0 aliphatic rings. The van der Waals surface area contributed by atoms with Crippen molar-refractivity contribution >= 4 is 0 Å². The molecular formula is C15H33N. The molecule has 1 unspecified atom stereocenters. The highest BCUT2D eigenvalue weighted by molar-refractivity contribution is 4.74. The molecule has 0 radical (unpaired) electrons. The van der Waals surface area contributed by atoms with E-state index in [4.69, 9.17) is 5.73 Å². The van der Waals surface area contributed by atoms with Gasteiger partial charge in [0.15, 0.2) is 0 Å². The second-order valence-corrected chi connectivity index (χ2v) is 6.20. The first-order valence-corrected chi connectivity index (χ1v) is 7.22. The Balaban J connectivity index is 3.75. The summed E-state index contributed by atoms with van der Waals surface area (Å²) in [4.78, 5) is 0. The largest absolute Gasteiger partial charge is 0.330 e. The van der Waals surface area contributed by atoms with E-state index < -0.39 is 0 Å². The van der Waals surface area contributed by atoms with Crippen molar-refractivity contribution in [2.24, 2.45) is 17.1 Å². The average Bonchev–Trinajstić information content (AvgIpc) is 2.20. The van der Waals surface area contributed by atoms with E-state index in [-0.39, 0.29) is 0 Å². The molecule has 2 N–H and O–H groups in total. The van der Waals surface area contributed by atoms with Crippen molar-refractivity contribution in [3.63, 3.8) is 0 Å². The average molecular weight is 227 g/mol. The van der Waals surface area contributed by atoms with Crippen molar-refractivity contribution in [3.05, 3.63) is 0 Å². The molecule has 1 atom stereocenters. The predicted molar refractivity (Wildman–Crippen MR) is 74.6 cm³/mol. The molecular weight excluding hydrogens is 194 g/mol. The van der Waals surface area contributed by atoms with Gasteiger partial charge in [0.25, 0.3) is 0 Å². The van der Waals surface area contributed by atoms with Gasteiger partial charge in [-0.25, -0.2) is 0 Å². The van der Waals surface area contributed by atoms with Gasteiger partial charge in [-0.05, 0) is 37.1 Å². The summed E-state index contributed by atoms with van der Waals surface area (Å²) in [5.74, 6) is 0.859. The maximum Gasteiger partial charge on any atom is -0.00772 e. The third-order valence-electron chi connectivity index (χ3n) is 3.64. The maximum atomic E-state index is 5.61. The number of rotatable bonds is 9. The molecule has 0 aromatic carbocycles. The van der Waals surface area contributed by atoms with Crippen LogP contribution < -0.4 is 5.73 Å². The van der Waals surface area contributed by atoms with E-state index in [0.29, 0.717) is 5.41 Å². The van der Waals surface area contributed by atoms with Crippen LogP contribution in [0.15, 0.2) is 0 Å². The van der Waals surface area contributed by atoms with Gasteiger partial charge in [0.05, 0.1) is 0 Å². The summed E-state index contributed by atoms with van der Waals surface area (Å²) in [6.07, 6.45) is 10.9. The van der Waals surface area contributed by atoms with Crippen molar-refractivity contribution in [3.8, 4) is 0 Å². The van der Waals surface area contributed by atoms with Crippen LogP contribution in [0.25, 0.3) is 0 Å². The van der Waals surface area contributed by atoms with Crippen LogP contribution in [-0.4, -0.2) is 6.54 Å². The molecule has 0 aromatic rings. The Kier molecular flexibility index (Phi) is 9.02. The molecule has 1 heteroatoms. The first-order chi connectivity index (χ1) is 7.52. The van der Waals surface area contributed by atoms with Crippen LogP contribution >= 0.6 is 0 Å². The lowest BCUT2D eigenvalue weighted by Gasteiger charge is -2.31. The Labute approximate surface area is 103 Å². The summed E-state index contributed by atoms with van der Waals surface area (Å²) in [5.41, 5.74) is 6.07. The molecule has 0 aromatic heterocycles. The Bertz CT molecular complexity index is 146. The van der Waals surface area contributed by atoms with E-state index in [1.807, 2.05) is 0 Å². The van der Waals surface area contributed by atoms with Crippen molar-refractivity contribution in [1.82, 2.24) is 0 Å². The zero-order valence-corrected chi connectivity index (χ0v) is 12.0. The molecule has 0 bridgehead atoms. The normalized spacial score (nSPS) is 14.1. The number of hydrogen-bond acceptors (Lipinski definition) is 1. The summed E-state index contributed by atoms with van der Waals surface area (Å²) < 4.78 is 0. The summed E-state index contributed by atoms with van der Waals surface area (Å²) in [7, 11) is 0. The minimum absolute atomic E-state index is 0.458. The second kappa shape index (κ2) is 9.04. The molecule has 0 spiro atoms. The molecule has 0 aliphatic carbocycles. The van der Waals surface area contributed by atoms with Crippen molar-refractivity contribution < 1.29 is 0 Å². The SMILES string of the molecule is CCCCCCCC(CCCN)C(C)(C)C. The van der Waals surface area contributed by atoms with Gasteiger partial charge in [-0.15, -0.1) is 0 Å². The number of nitrogens with two attached hydrogens (primary N) is 1. The predicted octanol–water partition coefficient (Wildman–Crippen LogP) is 4.75. The van der Waals surface area contributed by atoms with Gasteiger partial charge in [0.2, 0.25) is 0 Å². The first-order valence-electron chi connectivity index (χ1n) is 7.22. The molecule has 1 nitrogen and oxygen atoms in total. The van der Waals surface area contributed by atoms with Crippen LogP contribution in [0.1, 0.15) is 79.1 Å². The smallest absolute Gasteiger partial charge is 0.00772 e. The minimum atomic E-state index is 0.458. The van der Waals surface area contributed by atoms with E-state index in [0.717, 1.165) is 12.5 Å². The zero-order valence-electron chi connectivity index (χ0n) is 12.0. The van der Waals surface area contributed by atoms with Crippen molar-refractivity contribution in [2.75, 3.05) is 6.54 Å². The standard InChI is InChI=1S/C15H33N/c1-5-6-7-8-9-11-14(12-10-13-16)15(2,3)4/h14H,5-13,16H2,1-4H3. The summed E-state index contributed by atoms with van der Waals surface area (Å²) in [6, 6.07) is 0. The van der Waals surface area contributed by atoms with E-state index in [2.05, 4.69) is 27.7 Å². The summed E-state index contributed by atoms with van der Waals surface area (Å²) >= 11 is 0. The fourth-order valence-electron chi connectivity index (χ4n) is 2.37. The maximum absolute atomic E-state index is 5.61. The van der Waals surface area contributed by atoms with Crippen LogP contribution in [0, 0.1) is 11.3 Å². The third-order valence-corrected chi connectivity index (χ3v) is 3.64. The molecule has 0 rings (SSSR count). The van der Waals surface area contributed by atoms with Gasteiger partial charge < -0.3 is 5.73 Å². The molecule has 0 aliphatic heterocycles. The quantitative estimate of drug-likeness (QED) is 0.565. The van der Waals surface area contributed by atoms with Crippen LogP contribution in [0.5, 0.6) is 0 Å². The molecule has 0 amide bonds. The third kappa shape index (κ3) is 8.15. The van der Waals surface area contributed by atoms with Gasteiger partial charge in [-0.1, -0.05) is 59.8 Å². The molecule has 16 heavy (non-hydrogen) atoms. The molecule has 0 saturated heterocycles. The van der Waals surface area contributed by atoms with E-state index in [1.54, 1.807) is 0 Å². The van der Waals surface area contributed by atoms with Gasteiger partial charge in [0, 0.05) is 0 Å². The first kappa shape index (κ1) is 16.0. The van der Waals surface area contributed by atoms with Gasteiger partial charge in [0.1, 0.15) is 0 Å². The van der Waals surface area contributed by atoms with E-state index in [1.165, 1.54) is 51.4 Å². The monoisotopic (exact) mass is 227 g/mol.